The van der Waals surface area contributed by atoms with Gasteiger partial charge in [0, 0.05) is 22.4 Å². The van der Waals surface area contributed by atoms with Crippen LogP contribution in [0, 0.1) is 0 Å². The van der Waals surface area contributed by atoms with Crippen LogP contribution in [0.1, 0.15) is 33.6 Å². The van der Waals surface area contributed by atoms with Crippen molar-refractivity contribution < 1.29 is 0 Å². The minimum atomic E-state index is -3.20. The van der Waals surface area contributed by atoms with E-state index in [1.807, 2.05) is 11.3 Å². The second-order valence-electron chi connectivity index (χ2n) is 15.4. The van der Waals surface area contributed by atoms with E-state index in [9.17, 15) is 0 Å². The van der Waals surface area contributed by atoms with E-state index in [2.05, 4.69) is 227 Å². The van der Waals surface area contributed by atoms with Crippen molar-refractivity contribution in [2.24, 2.45) is 0 Å². The molecule has 2 aliphatic carbocycles. The molecule has 0 spiro atoms. The van der Waals surface area contributed by atoms with Gasteiger partial charge in [0.05, 0.1) is 5.00 Å². The smallest absolute Gasteiger partial charge is 0.262 e. The number of hydrogen-bond acceptors (Lipinski definition) is 3. The Balaban J connectivity index is 1.36. The SMILES string of the molecule is C1=Cc2sc(N3[Si](c4ccccc4)(c4ccccc4)N(C4=C(c5ccccc5)c5ccccc5C4)[Si-]3(c3ccccc3)c3ccccc3)c(-c3ccccc3)c2CC1. The predicted octanol–water partition coefficient (Wildman–Crippen LogP) is 10.0. The number of allylic oxidation sites excluding steroid dienone is 2. The first-order chi connectivity index (χ1) is 28.8. The molecule has 1 saturated heterocycles. The van der Waals surface area contributed by atoms with Crippen LogP contribution in [-0.2, 0) is 12.8 Å². The van der Waals surface area contributed by atoms with Crippen LogP contribution in [0.3, 0.4) is 0 Å². The molecule has 0 amide bonds. The molecule has 0 bridgehead atoms. The van der Waals surface area contributed by atoms with Gasteiger partial charge in [0.15, 0.2) is 0 Å². The molecule has 58 heavy (non-hydrogen) atoms. The molecule has 3 aliphatic rings. The third kappa shape index (κ3) is 5.14. The molecular weight excluding hydrogens is 753 g/mol. The van der Waals surface area contributed by atoms with E-state index >= 15 is 0 Å². The lowest BCUT2D eigenvalue weighted by Crippen LogP contribution is -3.06. The highest BCUT2D eigenvalue weighted by Crippen LogP contribution is 2.55. The first-order valence-electron chi connectivity index (χ1n) is 20.4. The highest BCUT2D eigenvalue weighted by molar-refractivity contribution is 7.35. The van der Waals surface area contributed by atoms with Gasteiger partial charge in [0.1, 0.15) is 8.40 Å². The van der Waals surface area contributed by atoms with Crippen LogP contribution < -0.4 is 25.0 Å². The molecule has 2 heterocycles. The molecule has 1 aromatic heterocycles. The van der Waals surface area contributed by atoms with Gasteiger partial charge in [0.25, 0.3) is 8.40 Å². The number of anilines is 1. The third-order valence-corrected chi connectivity index (χ3v) is 25.9. The van der Waals surface area contributed by atoms with Crippen molar-refractivity contribution in [2.75, 3.05) is 4.23 Å². The molecular formula is C53H42N2SSi2-. The van der Waals surface area contributed by atoms with Crippen molar-refractivity contribution in [1.29, 1.82) is 0 Å². The van der Waals surface area contributed by atoms with Gasteiger partial charge in [0.2, 0.25) is 0 Å². The first kappa shape index (κ1) is 35.0. The molecule has 1 fully saturated rings. The van der Waals surface area contributed by atoms with Gasteiger partial charge in [-0.25, -0.2) is 0 Å². The van der Waals surface area contributed by atoms with Crippen LogP contribution in [0.5, 0.6) is 0 Å². The summed E-state index contributed by atoms with van der Waals surface area (Å²) in [6, 6.07) is 78.1. The molecule has 5 heteroatoms. The molecule has 0 radical (unpaired) electrons. The van der Waals surface area contributed by atoms with Crippen molar-refractivity contribution in [3.05, 3.63) is 245 Å². The summed E-state index contributed by atoms with van der Waals surface area (Å²) in [5.41, 5.74) is 11.0. The zero-order chi connectivity index (χ0) is 38.5. The van der Waals surface area contributed by atoms with Crippen LogP contribution in [0.2, 0.25) is 0 Å². The largest absolute Gasteiger partial charge is 0.510 e. The summed E-state index contributed by atoms with van der Waals surface area (Å²) in [6.07, 6.45) is 7.75. The number of rotatable bonds is 8. The minimum Gasteiger partial charge on any atom is -0.510 e. The molecule has 8 aromatic rings. The molecule has 7 aromatic carbocycles. The van der Waals surface area contributed by atoms with E-state index in [4.69, 9.17) is 0 Å². The predicted molar refractivity (Wildman–Crippen MR) is 250 cm³/mol. The molecule has 0 saturated carbocycles. The van der Waals surface area contributed by atoms with E-state index < -0.39 is 16.8 Å². The molecule has 279 valence electrons. The van der Waals surface area contributed by atoms with Gasteiger partial charge in [-0.15, -0.1) is 21.7 Å². The van der Waals surface area contributed by atoms with Gasteiger partial charge in [-0.3, -0.25) is 0 Å². The van der Waals surface area contributed by atoms with E-state index in [0.717, 1.165) is 19.3 Å². The molecule has 2 nitrogen and oxygen atoms in total. The van der Waals surface area contributed by atoms with E-state index in [1.165, 1.54) is 75.3 Å². The number of hydrogen-bond donors (Lipinski definition) is 0. The summed E-state index contributed by atoms with van der Waals surface area (Å²) in [5, 5.41) is 6.98. The van der Waals surface area contributed by atoms with Crippen LogP contribution in [-0.4, -0.2) is 21.0 Å². The fourth-order valence-corrected chi connectivity index (χ4v) is 27.5. The highest BCUT2D eigenvalue weighted by Gasteiger charge is 2.66. The fraction of sp³-hybridized carbons (Fsp3) is 0.0566. The molecule has 0 unspecified atom stereocenters. The third-order valence-electron chi connectivity index (χ3n) is 12.4. The average Bonchev–Trinajstić information content (AvgIpc) is 3.86. The normalized spacial score (nSPS) is 16.1. The summed E-state index contributed by atoms with van der Waals surface area (Å²) in [6.45, 7) is 0. The Morgan fingerprint density at radius 1 is 0.500 bits per heavy atom. The van der Waals surface area contributed by atoms with Crippen LogP contribution in [0.4, 0.5) is 5.00 Å². The summed E-state index contributed by atoms with van der Waals surface area (Å²) in [7, 11) is -6.39. The van der Waals surface area contributed by atoms with Gasteiger partial charge in [-0.05, 0) is 62.8 Å². The van der Waals surface area contributed by atoms with E-state index in [-0.39, 0.29) is 0 Å². The second kappa shape index (κ2) is 14.3. The maximum absolute atomic E-state index is 3.20. The Labute approximate surface area is 347 Å². The Morgan fingerprint density at radius 2 is 1.00 bits per heavy atom. The Morgan fingerprint density at radius 3 is 1.59 bits per heavy atom. The average molecular weight is 795 g/mol. The lowest BCUT2D eigenvalue weighted by molar-refractivity contribution is 0.701. The minimum absolute atomic E-state index is 0.867. The maximum atomic E-state index is 3.13. The highest BCUT2D eigenvalue weighted by atomic mass is 32.1. The molecule has 0 atom stereocenters. The quantitative estimate of drug-likeness (QED) is 0.141. The fourth-order valence-electron chi connectivity index (χ4n) is 10.1. The summed E-state index contributed by atoms with van der Waals surface area (Å²) >= 11 is 2.02. The number of benzene rings is 7. The number of thiophene rings is 1. The van der Waals surface area contributed by atoms with Gasteiger partial charge in [-0.2, -0.15) is 0 Å². The summed E-state index contributed by atoms with van der Waals surface area (Å²) < 4.78 is 6.24. The molecule has 11 rings (SSSR count). The van der Waals surface area contributed by atoms with Crippen molar-refractivity contribution in [3.8, 4) is 11.1 Å². The van der Waals surface area contributed by atoms with Crippen LogP contribution >= 0.6 is 11.3 Å². The monoisotopic (exact) mass is 794 g/mol. The summed E-state index contributed by atoms with van der Waals surface area (Å²) in [5.74, 6) is 0. The number of fused-ring (bicyclic) bond motifs is 2. The van der Waals surface area contributed by atoms with Crippen LogP contribution in [0.15, 0.2) is 218 Å². The lowest BCUT2D eigenvalue weighted by atomic mass is 9.96. The van der Waals surface area contributed by atoms with E-state index in [1.54, 1.807) is 0 Å². The van der Waals surface area contributed by atoms with Crippen molar-refractivity contribution in [1.82, 2.24) is 4.23 Å². The Bertz CT molecular complexity index is 2630. The van der Waals surface area contributed by atoms with Crippen LogP contribution in [0.25, 0.3) is 22.8 Å². The lowest BCUT2D eigenvalue weighted by Gasteiger charge is -2.84. The van der Waals surface area contributed by atoms with E-state index in [0.29, 0.717) is 0 Å². The molecule has 0 N–H and O–H groups in total. The van der Waals surface area contributed by atoms with Crippen molar-refractivity contribution in [2.45, 2.75) is 19.3 Å². The van der Waals surface area contributed by atoms with Gasteiger partial charge in [-0.1, -0.05) is 212 Å². The standard InChI is InChI=1S/C53H42N2SSi2/c1-7-23-40(24-8-1)51-47-36-20-19-27-42(47)39-49(51)54-57(43-28-11-3-12-29-43,44-30-13-4-14-31-44)55(58(54,45-32-15-5-16-33-45)46-34-17-6-18-35-46)53-52(41-25-9-2-10-26-41)48-37-21-22-38-50(48)56-53/h1-20,22-36,38H,21,37,39H2/q-1. The Hall–Kier alpha value is -6.25. The van der Waals surface area contributed by atoms with Gasteiger partial charge < -0.3 is 8.46 Å². The summed E-state index contributed by atoms with van der Waals surface area (Å²) in [4.78, 5) is 1.39. The first-order valence-corrected chi connectivity index (χ1v) is 25.0. The molecule has 1 aliphatic heterocycles. The number of nitrogens with zero attached hydrogens (tertiary/aromatic N) is 2. The zero-order valence-corrected chi connectivity index (χ0v) is 35.0. The van der Waals surface area contributed by atoms with Crippen molar-refractivity contribution in [3.63, 3.8) is 0 Å². The van der Waals surface area contributed by atoms with Crippen molar-refractivity contribution >= 4 is 65.5 Å². The Kier molecular flexibility index (Phi) is 8.62. The maximum Gasteiger partial charge on any atom is 0.262 e. The topological polar surface area (TPSA) is 6.48 Å². The second-order valence-corrected chi connectivity index (χ2v) is 24.1. The van der Waals surface area contributed by atoms with Gasteiger partial charge >= 0.3 is 0 Å². The zero-order valence-electron chi connectivity index (χ0n) is 32.2.